The van der Waals surface area contributed by atoms with Gasteiger partial charge < -0.3 is 14.9 Å². The van der Waals surface area contributed by atoms with Gasteiger partial charge in [0.2, 0.25) is 5.91 Å². The van der Waals surface area contributed by atoms with Gasteiger partial charge in [-0.15, -0.1) is 0 Å². The predicted octanol–water partition coefficient (Wildman–Crippen LogP) is 0.622. The molecule has 7 heteroatoms. The third-order valence-electron chi connectivity index (χ3n) is 5.21. The van der Waals surface area contributed by atoms with E-state index in [4.69, 9.17) is 0 Å². The first-order chi connectivity index (χ1) is 11.5. The highest BCUT2D eigenvalue weighted by molar-refractivity contribution is 5.95. The van der Waals surface area contributed by atoms with E-state index in [-0.39, 0.29) is 23.8 Å². The van der Waals surface area contributed by atoms with Gasteiger partial charge in [0.1, 0.15) is 6.33 Å². The van der Waals surface area contributed by atoms with Crippen molar-refractivity contribution in [2.45, 2.75) is 32.6 Å². The van der Waals surface area contributed by atoms with Crippen molar-refractivity contribution >= 4 is 11.8 Å². The van der Waals surface area contributed by atoms with E-state index in [1.165, 1.54) is 6.33 Å². The number of aliphatic hydroxyl groups is 1. The molecule has 0 saturated carbocycles. The lowest BCUT2D eigenvalue weighted by molar-refractivity contribution is -0.139. The van der Waals surface area contributed by atoms with Gasteiger partial charge in [-0.1, -0.05) is 0 Å². The highest BCUT2D eigenvalue weighted by Gasteiger charge is 2.42. The van der Waals surface area contributed by atoms with Crippen molar-refractivity contribution in [1.29, 1.82) is 0 Å². The molecule has 0 aliphatic carbocycles. The Hall–Kier alpha value is -2.02. The maximum atomic E-state index is 12.8. The molecule has 1 spiro atoms. The Morgan fingerprint density at radius 1 is 1.38 bits per heavy atom. The standard InChI is InChI=1S/C17H24N4O3/c1-13-14(9-18-12-19-13)16(24)21-6-2-4-17(11-21)5-3-15(23)20(10-17)7-8-22/h9,12,22H,2-8,10-11H2,1H3. The molecule has 1 N–H and O–H groups in total. The third kappa shape index (κ3) is 3.26. The van der Waals surface area contributed by atoms with Gasteiger partial charge in [-0.3, -0.25) is 9.59 Å². The van der Waals surface area contributed by atoms with Crippen molar-refractivity contribution in [3.05, 3.63) is 23.8 Å². The zero-order chi connectivity index (χ0) is 17.2. The molecule has 2 fully saturated rings. The number of rotatable bonds is 3. The summed E-state index contributed by atoms with van der Waals surface area (Å²) in [5, 5.41) is 9.17. The lowest BCUT2D eigenvalue weighted by atomic mass is 9.73. The van der Waals surface area contributed by atoms with Crippen LogP contribution in [-0.2, 0) is 4.79 Å². The second-order valence-corrected chi connectivity index (χ2v) is 6.89. The molecular formula is C17H24N4O3. The number of piperidine rings is 2. The first-order valence-corrected chi connectivity index (χ1v) is 8.49. The first-order valence-electron chi connectivity index (χ1n) is 8.49. The lowest BCUT2D eigenvalue weighted by Crippen LogP contribution is -2.55. The first kappa shape index (κ1) is 16.8. The van der Waals surface area contributed by atoms with E-state index >= 15 is 0 Å². The largest absolute Gasteiger partial charge is 0.395 e. The minimum absolute atomic E-state index is 0.0228. The third-order valence-corrected chi connectivity index (χ3v) is 5.21. The maximum absolute atomic E-state index is 12.8. The number of aromatic nitrogens is 2. The van der Waals surface area contributed by atoms with Gasteiger partial charge in [0, 0.05) is 44.2 Å². The molecule has 0 aromatic carbocycles. The fourth-order valence-electron chi connectivity index (χ4n) is 3.91. The van der Waals surface area contributed by atoms with E-state index in [2.05, 4.69) is 9.97 Å². The minimum atomic E-state index is -0.0550. The molecule has 0 bridgehead atoms. The molecule has 2 amide bonds. The topological polar surface area (TPSA) is 86.6 Å². The van der Waals surface area contributed by atoms with E-state index in [1.807, 2.05) is 11.8 Å². The molecule has 3 rings (SSSR count). The summed E-state index contributed by atoms with van der Waals surface area (Å²) in [4.78, 5) is 36.6. The molecular weight excluding hydrogens is 308 g/mol. The Balaban J connectivity index is 1.75. The van der Waals surface area contributed by atoms with E-state index in [1.54, 1.807) is 11.1 Å². The van der Waals surface area contributed by atoms with Gasteiger partial charge in [-0.25, -0.2) is 9.97 Å². The quantitative estimate of drug-likeness (QED) is 0.877. The summed E-state index contributed by atoms with van der Waals surface area (Å²) in [5.41, 5.74) is 1.18. The Morgan fingerprint density at radius 2 is 2.21 bits per heavy atom. The monoisotopic (exact) mass is 332 g/mol. The molecule has 3 heterocycles. The number of carbonyl (C=O) groups is 2. The van der Waals surface area contributed by atoms with E-state index < -0.39 is 0 Å². The van der Waals surface area contributed by atoms with Crippen molar-refractivity contribution in [1.82, 2.24) is 19.8 Å². The Bertz CT molecular complexity index is 636. The van der Waals surface area contributed by atoms with E-state index in [0.717, 1.165) is 25.8 Å². The van der Waals surface area contributed by atoms with Crippen molar-refractivity contribution in [2.24, 2.45) is 5.41 Å². The van der Waals surface area contributed by atoms with Crippen LogP contribution in [0.25, 0.3) is 0 Å². The second-order valence-electron chi connectivity index (χ2n) is 6.89. The van der Waals surface area contributed by atoms with Crippen LogP contribution < -0.4 is 0 Å². The fraction of sp³-hybridized carbons (Fsp3) is 0.647. The Morgan fingerprint density at radius 3 is 2.96 bits per heavy atom. The molecule has 2 saturated heterocycles. The molecule has 7 nitrogen and oxygen atoms in total. The highest BCUT2D eigenvalue weighted by atomic mass is 16.3. The number of likely N-dealkylation sites (tertiary alicyclic amines) is 2. The van der Waals surface area contributed by atoms with Gasteiger partial charge in [-0.05, 0) is 26.2 Å². The van der Waals surface area contributed by atoms with Crippen LogP contribution in [0.5, 0.6) is 0 Å². The number of carbonyl (C=O) groups excluding carboxylic acids is 2. The maximum Gasteiger partial charge on any atom is 0.257 e. The average Bonchev–Trinajstić information content (AvgIpc) is 2.59. The van der Waals surface area contributed by atoms with Gasteiger partial charge in [0.05, 0.1) is 17.9 Å². The smallest absolute Gasteiger partial charge is 0.257 e. The second kappa shape index (κ2) is 6.84. The average molecular weight is 332 g/mol. The molecule has 2 aliphatic rings. The fourth-order valence-corrected chi connectivity index (χ4v) is 3.91. The lowest BCUT2D eigenvalue weighted by Gasteiger charge is -2.48. The van der Waals surface area contributed by atoms with E-state index in [9.17, 15) is 14.7 Å². The molecule has 24 heavy (non-hydrogen) atoms. The Labute approximate surface area is 141 Å². The van der Waals surface area contributed by atoms with Crippen molar-refractivity contribution in [3.63, 3.8) is 0 Å². The Kier molecular flexibility index (Phi) is 4.80. The normalized spacial score (nSPS) is 24.5. The summed E-state index contributed by atoms with van der Waals surface area (Å²) in [6.45, 7) is 4.17. The van der Waals surface area contributed by atoms with Crippen molar-refractivity contribution in [2.75, 3.05) is 32.8 Å². The molecule has 130 valence electrons. The van der Waals surface area contributed by atoms with Gasteiger partial charge in [-0.2, -0.15) is 0 Å². The van der Waals surface area contributed by atoms with Crippen LogP contribution in [-0.4, -0.2) is 69.5 Å². The van der Waals surface area contributed by atoms with Gasteiger partial charge >= 0.3 is 0 Å². The molecule has 1 atom stereocenters. The molecule has 1 aromatic heterocycles. The summed E-state index contributed by atoms with van der Waals surface area (Å²) < 4.78 is 0. The number of aryl methyl sites for hydroxylation is 1. The van der Waals surface area contributed by atoms with Crippen molar-refractivity contribution < 1.29 is 14.7 Å². The van der Waals surface area contributed by atoms with Crippen LogP contribution in [0.1, 0.15) is 41.7 Å². The number of hydrogen-bond acceptors (Lipinski definition) is 5. The van der Waals surface area contributed by atoms with Crippen LogP contribution >= 0.6 is 0 Å². The minimum Gasteiger partial charge on any atom is -0.395 e. The van der Waals surface area contributed by atoms with Gasteiger partial charge in [0.15, 0.2) is 0 Å². The highest BCUT2D eigenvalue weighted by Crippen LogP contribution is 2.39. The summed E-state index contributed by atoms with van der Waals surface area (Å²) in [6, 6.07) is 0. The number of aliphatic hydroxyl groups excluding tert-OH is 1. The molecule has 1 unspecified atom stereocenters. The summed E-state index contributed by atoms with van der Waals surface area (Å²) in [5.74, 6) is 0.0724. The van der Waals surface area contributed by atoms with E-state index in [0.29, 0.717) is 37.3 Å². The predicted molar refractivity (Wildman–Crippen MR) is 87.2 cm³/mol. The SMILES string of the molecule is Cc1ncncc1C(=O)N1CCCC2(CCC(=O)N(CCO)C2)C1. The van der Waals surface area contributed by atoms with Crippen LogP contribution in [0.4, 0.5) is 0 Å². The summed E-state index contributed by atoms with van der Waals surface area (Å²) >= 11 is 0. The van der Waals surface area contributed by atoms with Crippen LogP contribution in [0, 0.1) is 12.3 Å². The molecule has 1 aromatic rings. The molecule has 2 aliphatic heterocycles. The van der Waals surface area contributed by atoms with Crippen molar-refractivity contribution in [3.8, 4) is 0 Å². The number of hydrogen-bond donors (Lipinski definition) is 1. The van der Waals surface area contributed by atoms with Crippen LogP contribution in [0.3, 0.4) is 0 Å². The number of nitrogens with zero attached hydrogens (tertiary/aromatic N) is 4. The zero-order valence-corrected chi connectivity index (χ0v) is 14.1. The summed E-state index contributed by atoms with van der Waals surface area (Å²) in [6.07, 6.45) is 6.27. The molecule has 0 radical (unpaired) electrons. The van der Waals surface area contributed by atoms with Gasteiger partial charge in [0.25, 0.3) is 5.91 Å². The summed E-state index contributed by atoms with van der Waals surface area (Å²) in [7, 11) is 0. The van der Waals surface area contributed by atoms with Crippen LogP contribution in [0.2, 0.25) is 0 Å². The van der Waals surface area contributed by atoms with Crippen LogP contribution in [0.15, 0.2) is 12.5 Å². The number of β-amino-alcohol motifs (C(OH)–C–C–N with tert-alkyl or cyclic N) is 1. The number of amides is 2. The zero-order valence-electron chi connectivity index (χ0n) is 14.1.